The highest BCUT2D eigenvalue weighted by Crippen LogP contribution is 2.37. The summed E-state index contributed by atoms with van der Waals surface area (Å²) < 4.78 is 0. The predicted molar refractivity (Wildman–Crippen MR) is 81.9 cm³/mol. The van der Waals surface area contributed by atoms with Gasteiger partial charge in [-0.1, -0.05) is 6.92 Å². The van der Waals surface area contributed by atoms with Crippen LogP contribution >= 0.6 is 11.3 Å². The highest BCUT2D eigenvalue weighted by Gasteiger charge is 2.49. The van der Waals surface area contributed by atoms with Gasteiger partial charge in [0.15, 0.2) is 0 Å². The molecule has 4 nitrogen and oxygen atoms in total. The molecule has 1 unspecified atom stereocenters. The number of rotatable bonds is 3. The third kappa shape index (κ3) is 2.18. The predicted octanol–water partition coefficient (Wildman–Crippen LogP) is 3.10. The quantitative estimate of drug-likeness (QED) is 0.933. The SMILES string of the molecule is CCC1(C(=O)O)CCCN1C(=O)c1csc2c1CCCC2. The molecule has 0 aromatic carbocycles. The van der Waals surface area contributed by atoms with Gasteiger partial charge < -0.3 is 10.0 Å². The van der Waals surface area contributed by atoms with Crippen molar-refractivity contribution in [1.29, 1.82) is 0 Å². The smallest absolute Gasteiger partial charge is 0.329 e. The summed E-state index contributed by atoms with van der Waals surface area (Å²) in [6.45, 7) is 2.42. The number of hydrogen-bond donors (Lipinski definition) is 1. The monoisotopic (exact) mass is 307 g/mol. The Morgan fingerprint density at radius 1 is 1.33 bits per heavy atom. The number of carbonyl (C=O) groups excluding carboxylic acids is 1. The molecular formula is C16H21NO3S. The van der Waals surface area contributed by atoms with Gasteiger partial charge in [0.2, 0.25) is 0 Å². The first-order valence-corrected chi connectivity index (χ1v) is 8.62. The summed E-state index contributed by atoms with van der Waals surface area (Å²) >= 11 is 1.66. The third-order valence-electron chi connectivity index (χ3n) is 5.01. The summed E-state index contributed by atoms with van der Waals surface area (Å²) in [5, 5.41) is 11.6. The molecule has 1 atom stereocenters. The van der Waals surface area contributed by atoms with E-state index in [4.69, 9.17) is 0 Å². The number of aryl methyl sites for hydroxylation is 1. The zero-order chi connectivity index (χ0) is 15.0. The Bertz CT molecular complexity index is 580. The van der Waals surface area contributed by atoms with E-state index in [0.29, 0.717) is 19.4 Å². The van der Waals surface area contributed by atoms with Crippen molar-refractivity contribution < 1.29 is 14.7 Å². The second-order valence-electron chi connectivity index (χ2n) is 6.01. The molecule has 1 aliphatic heterocycles. The lowest BCUT2D eigenvalue weighted by atomic mass is 9.91. The fraction of sp³-hybridized carbons (Fsp3) is 0.625. The van der Waals surface area contributed by atoms with Gasteiger partial charge in [-0.05, 0) is 50.5 Å². The first-order valence-electron chi connectivity index (χ1n) is 7.75. The molecule has 0 saturated carbocycles. The summed E-state index contributed by atoms with van der Waals surface area (Å²) in [5.41, 5.74) is 0.940. The van der Waals surface area contributed by atoms with Crippen LogP contribution in [-0.2, 0) is 17.6 Å². The van der Waals surface area contributed by atoms with Crippen LogP contribution in [0.5, 0.6) is 0 Å². The first-order chi connectivity index (χ1) is 10.1. The average Bonchev–Trinajstić information content (AvgIpc) is 3.11. The molecule has 1 N–H and O–H groups in total. The maximum absolute atomic E-state index is 12.9. The fourth-order valence-corrected chi connectivity index (χ4v) is 4.85. The van der Waals surface area contributed by atoms with Gasteiger partial charge in [-0.15, -0.1) is 11.3 Å². The van der Waals surface area contributed by atoms with E-state index >= 15 is 0 Å². The van der Waals surface area contributed by atoms with E-state index in [2.05, 4.69) is 0 Å². The van der Waals surface area contributed by atoms with Crippen LogP contribution in [0.3, 0.4) is 0 Å². The Kier molecular flexibility index (Phi) is 3.78. The molecule has 1 aromatic heterocycles. The molecule has 1 saturated heterocycles. The Morgan fingerprint density at radius 3 is 2.81 bits per heavy atom. The normalized spacial score (nSPS) is 24.9. The summed E-state index contributed by atoms with van der Waals surface area (Å²) in [6, 6.07) is 0. The Morgan fingerprint density at radius 2 is 2.10 bits per heavy atom. The van der Waals surface area contributed by atoms with E-state index in [1.165, 1.54) is 16.9 Å². The van der Waals surface area contributed by atoms with Crippen molar-refractivity contribution in [3.63, 3.8) is 0 Å². The lowest BCUT2D eigenvalue weighted by Crippen LogP contribution is -2.52. The van der Waals surface area contributed by atoms with Crippen LogP contribution in [0.15, 0.2) is 5.38 Å². The van der Waals surface area contributed by atoms with Gasteiger partial charge in [-0.25, -0.2) is 4.79 Å². The third-order valence-corrected chi connectivity index (χ3v) is 6.10. The minimum absolute atomic E-state index is 0.0730. The van der Waals surface area contributed by atoms with Gasteiger partial charge >= 0.3 is 5.97 Å². The second-order valence-corrected chi connectivity index (χ2v) is 6.97. The zero-order valence-corrected chi connectivity index (χ0v) is 13.2. The maximum Gasteiger partial charge on any atom is 0.329 e. The van der Waals surface area contributed by atoms with Crippen LogP contribution in [0.25, 0.3) is 0 Å². The van der Waals surface area contributed by atoms with E-state index in [0.717, 1.165) is 31.2 Å². The van der Waals surface area contributed by atoms with Crippen molar-refractivity contribution in [2.75, 3.05) is 6.54 Å². The van der Waals surface area contributed by atoms with Crippen LogP contribution in [0, 0.1) is 0 Å². The van der Waals surface area contributed by atoms with Gasteiger partial charge in [0.25, 0.3) is 5.91 Å². The molecule has 1 fully saturated rings. The van der Waals surface area contributed by atoms with E-state index in [1.54, 1.807) is 16.2 Å². The summed E-state index contributed by atoms with van der Waals surface area (Å²) in [7, 11) is 0. The molecule has 114 valence electrons. The first kappa shape index (κ1) is 14.6. The second kappa shape index (κ2) is 5.44. The number of aliphatic carboxylic acids is 1. The summed E-state index contributed by atoms with van der Waals surface area (Å²) in [5.74, 6) is -0.934. The van der Waals surface area contributed by atoms with Gasteiger partial charge in [-0.3, -0.25) is 4.79 Å². The molecule has 0 bridgehead atoms. The van der Waals surface area contributed by atoms with Crippen LogP contribution in [0.2, 0.25) is 0 Å². The van der Waals surface area contributed by atoms with E-state index in [-0.39, 0.29) is 5.91 Å². The van der Waals surface area contributed by atoms with Gasteiger partial charge in [0.05, 0.1) is 5.56 Å². The van der Waals surface area contributed by atoms with Crippen LogP contribution in [-0.4, -0.2) is 34.0 Å². The Hall–Kier alpha value is -1.36. The Labute approximate surface area is 128 Å². The molecule has 21 heavy (non-hydrogen) atoms. The van der Waals surface area contributed by atoms with E-state index in [1.807, 2.05) is 12.3 Å². The van der Waals surface area contributed by atoms with Crippen molar-refractivity contribution in [3.05, 3.63) is 21.4 Å². The van der Waals surface area contributed by atoms with Crippen molar-refractivity contribution in [1.82, 2.24) is 4.90 Å². The molecule has 0 radical (unpaired) electrons. The minimum Gasteiger partial charge on any atom is -0.479 e. The summed E-state index contributed by atoms with van der Waals surface area (Å²) in [4.78, 5) is 27.6. The molecule has 1 amide bonds. The molecule has 5 heteroatoms. The molecule has 1 aliphatic carbocycles. The number of hydrogen-bond acceptors (Lipinski definition) is 3. The molecule has 0 spiro atoms. The zero-order valence-electron chi connectivity index (χ0n) is 12.4. The van der Waals surface area contributed by atoms with E-state index in [9.17, 15) is 14.7 Å². The molecule has 2 aliphatic rings. The van der Waals surface area contributed by atoms with Gasteiger partial charge in [0, 0.05) is 16.8 Å². The lowest BCUT2D eigenvalue weighted by Gasteiger charge is -2.34. The highest BCUT2D eigenvalue weighted by atomic mass is 32.1. The largest absolute Gasteiger partial charge is 0.479 e. The molecular weight excluding hydrogens is 286 g/mol. The van der Waals surface area contributed by atoms with Crippen LogP contribution < -0.4 is 0 Å². The number of fused-ring (bicyclic) bond motifs is 1. The lowest BCUT2D eigenvalue weighted by molar-refractivity contribution is -0.148. The number of carboxylic acids is 1. The topological polar surface area (TPSA) is 57.6 Å². The van der Waals surface area contributed by atoms with Gasteiger partial charge in [0.1, 0.15) is 5.54 Å². The number of likely N-dealkylation sites (tertiary alicyclic amines) is 1. The maximum atomic E-state index is 12.9. The molecule has 2 heterocycles. The number of amides is 1. The number of carboxylic acid groups (broad SMARTS) is 1. The van der Waals surface area contributed by atoms with Crippen LogP contribution in [0.1, 0.15) is 59.8 Å². The number of thiophene rings is 1. The van der Waals surface area contributed by atoms with Crippen molar-refractivity contribution in [2.45, 2.75) is 57.4 Å². The van der Waals surface area contributed by atoms with Gasteiger partial charge in [-0.2, -0.15) is 0 Å². The van der Waals surface area contributed by atoms with Crippen molar-refractivity contribution >= 4 is 23.2 Å². The van der Waals surface area contributed by atoms with Crippen LogP contribution in [0.4, 0.5) is 0 Å². The standard InChI is InChI=1S/C16H21NO3S/c1-2-16(15(19)20)8-5-9-17(16)14(18)12-10-21-13-7-4-3-6-11(12)13/h10H,2-9H2,1H3,(H,19,20). The highest BCUT2D eigenvalue weighted by molar-refractivity contribution is 7.10. The number of carbonyl (C=O) groups is 2. The summed E-state index contributed by atoms with van der Waals surface area (Å²) in [6.07, 6.45) is 6.15. The number of nitrogens with zero attached hydrogens (tertiary/aromatic N) is 1. The van der Waals surface area contributed by atoms with E-state index < -0.39 is 11.5 Å². The average molecular weight is 307 g/mol. The van der Waals surface area contributed by atoms with Crippen molar-refractivity contribution in [3.8, 4) is 0 Å². The minimum atomic E-state index is -0.999. The molecule has 1 aromatic rings. The Balaban J connectivity index is 1.95. The fourth-order valence-electron chi connectivity index (χ4n) is 3.73. The molecule has 3 rings (SSSR count). The van der Waals surface area contributed by atoms with Crippen molar-refractivity contribution in [2.24, 2.45) is 0 Å².